The molecule has 0 radical (unpaired) electrons. The lowest BCUT2D eigenvalue weighted by Gasteiger charge is -2.31. The van der Waals surface area contributed by atoms with E-state index < -0.39 is 5.92 Å². The largest absolute Gasteiger partial charge is 0.461 e. The van der Waals surface area contributed by atoms with E-state index in [1.807, 2.05) is 65.6 Å². The number of benzene rings is 2. The molecule has 1 aliphatic heterocycles. The van der Waals surface area contributed by atoms with E-state index in [0.717, 1.165) is 37.1 Å². The van der Waals surface area contributed by atoms with Crippen LogP contribution in [0.1, 0.15) is 37.3 Å². The fraction of sp³-hybridized carbons (Fsp3) is 0.417. The van der Waals surface area contributed by atoms with Crippen LogP contribution in [0.4, 0.5) is 0 Å². The van der Waals surface area contributed by atoms with Crippen molar-refractivity contribution in [3.63, 3.8) is 0 Å². The number of carbonyl (C=O) groups is 2. The summed E-state index contributed by atoms with van der Waals surface area (Å²) in [5.74, 6) is -0.0334. The van der Waals surface area contributed by atoms with Gasteiger partial charge in [-0.25, -0.2) is 0 Å². The van der Waals surface area contributed by atoms with Gasteiger partial charge in [0.25, 0.3) is 0 Å². The van der Waals surface area contributed by atoms with Gasteiger partial charge in [0.05, 0.1) is 5.92 Å². The van der Waals surface area contributed by atoms with Crippen LogP contribution < -0.4 is 0 Å². The topological polar surface area (TPSA) is 46.6 Å². The Hall–Kier alpha value is -2.62. The van der Waals surface area contributed by atoms with Gasteiger partial charge in [0, 0.05) is 19.5 Å². The number of esters is 1. The van der Waals surface area contributed by atoms with Crippen molar-refractivity contribution in [2.75, 3.05) is 13.1 Å². The highest BCUT2D eigenvalue weighted by atomic mass is 16.5. The molecule has 4 heteroatoms. The smallest absolute Gasteiger partial charge is 0.310 e. The summed E-state index contributed by atoms with van der Waals surface area (Å²) in [5.41, 5.74) is 2.00. The van der Waals surface area contributed by atoms with Crippen molar-refractivity contribution in [3.05, 3.63) is 71.8 Å². The molecule has 1 heterocycles. The van der Waals surface area contributed by atoms with Crippen molar-refractivity contribution < 1.29 is 14.3 Å². The number of ether oxygens (including phenoxy) is 1. The van der Waals surface area contributed by atoms with E-state index in [1.54, 1.807) is 0 Å². The third kappa shape index (κ3) is 5.95. The molecule has 0 spiro atoms. The number of rotatable bonds is 7. The van der Waals surface area contributed by atoms with Gasteiger partial charge in [0.2, 0.25) is 5.91 Å². The van der Waals surface area contributed by atoms with E-state index in [9.17, 15) is 9.59 Å². The van der Waals surface area contributed by atoms with E-state index in [-0.39, 0.29) is 24.9 Å². The summed E-state index contributed by atoms with van der Waals surface area (Å²) in [6.07, 6.45) is 2.79. The van der Waals surface area contributed by atoms with Gasteiger partial charge in [0.1, 0.15) is 6.61 Å². The average Bonchev–Trinajstić information content (AvgIpc) is 2.73. The Labute approximate surface area is 167 Å². The molecule has 1 amide bonds. The number of nitrogens with zero attached hydrogens (tertiary/aromatic N) is 1. The first-order valence-electron chi connectivity index (χ1n) is 10.1. The van der Waals surface area contributed by atoms with Crippen LogP contribution in [-0.4, -0.2) is 29.9 Å². The zero-order chi connectivity index (χ0) is 19.8. The molecule has 3 rings (SSSR count). The van der Waals surface area contributed by atoms with Crippen molar-refractivity contribution >= 4 is 11.9 Å². The second-order valence-electron chi connectivity index (χ2n) is 7.75. The molecule has 1 saturated heterocycles. The van der Waals surface area contributed by atoms with Crippen LogP contribution in [0.25, 0.3) is 0 Å². The van der Waals surface area contributed by atoms with Crippen molar-refractivity contribution in [1.82, 2.24) is 4.90 Å². The maximum atomic E-state index is 12.8. The molecule has 1 aliphatic rings. The van der Waals surface area contributed by atoms with Gasteiger partial charge in [-0.15, -0.1) is 0 Å². The molecule has 0 aliphatic carbocycles. The van der Waals surface area contributed by atoms with Crippen LogP contribution in [-0.2, 0) is 27.4 Å². The summed E-state index contributed by atoms with van der Waals surface area (Å²) in [4.78, 5) is 27.5. The number of likely N-dealkylation sites (tertiary alicyclic amines) is 1. The highest BCUT2D eigenvalue weighted by Crippen LogP contribution is 2.21. The summed E-state index contributed by atoms with van der Waals surface area (Å²) >= 11 is 0. The fourth-order valence-corrected chi connectivity index (χ4v) is 3.58. The van der Waals surface area contributed by atoms with E-state index in [2.05, 4.69) is 6.92 Å². The normalized spacial score (nSPS) is 15.8. The average molecular weight is 380 g/mol. The molecule has 1 atom stereocenters. The summed E-state index contributed by atoms with van der Waals surface area (Å²) < 4.78 is 5.56. The molecule has 0 bridgehead atoms. The lowest BCUT2D eigenvalue weighted by atomic mass is 9.94. The molecule has 2 aromatic rings. The fourth-order valence-electron chi connectivity index (χ4n) is 3.58. The van der Waals surface area contributed by atoms with Crippen LogP contribution in [0.2, 0.25) is 0 Å². The molecule has 0 aromatic heterocycles. The highest BCUT2D eigenvalue weighted by molar-refractivity contribution is 5.83. The van der Waals surface area contributed by atoms with Crippen molar-refractivity contribution in [1.29, 1.82) is 0 Å². The molecule has 0 saturated carbocycles. The van der Waals surface area contributed by atoms with Crippen molar-refractivity contribution in [3.8, 4) is 0 Å². The van der Waals surface area contributed by atoms with Crippen LogP contribution in [0.5, 0.6) is 0 Å². The molecule has 4 nitrogen and oxygen atoms in total. The van der Waals surface area contributed by atoms with E-state index in [0.29, 0.717) is 12.3 Å². The van der Waals surface area contributed by atoms with Gasteiger partial charge in [-0.2, -0.15) is 0 Å². The second kappa shape index (κ2) is 10.1. The lowest BCUT2D eigenvalue weighted by Crippen LogP contribution is -2.39. The molecular formula is C24H29NO3. The third-order valence-corrected chi connectivity index (χ3v) is 5.44. The Kier molecular flexibility index (Phi) is 7.24. The Morgan fingerprint density at radius 1 is 0.964 bits per heavy atom. The minimum absolute atomic E-state index is 0.0597. The Morgan fingerprint density at radius 2 is 1.54 bits per heavy atom. The summed E-state index contributed by atoms with van der Waals surface area (Å²) in [6.45, 7) is 4.04. The molecular weight excluding hydrogens is 350 g/mol. The predicted molar refractivity (Wildman–Crippen MR) is 109 cm³/mol. The molecule has 2 aromatic carbocycles. The highest BCUT2D eigenvalue weighted by Gasteiger charge is 2.28. The maximum Gasteiger partial charge on any atom is 0.310 e. The quantitative estimate of drug-likeness (QED) is 0.676. The zero-order valence-corrected chi connectivity index (χ0v) is 16.5. The third-order valence-electron chi connectivity index (χ3n) is 5.44. The Bertz CT molecular complexity index is 752. The number of amides is 1. The minimum Gasteiger partial charge on any atom is -0.461 e. The molecule has 28 heavy (non-hydrogen) atoms. The molecule has 0 N–H and O–H groups in total. The monoisotopic (exact) mass is 379 g/mol. The Morgan fingerprint density at radius 3 is 2.14 bits per heavy atom. The van der Waals surface area contributed by atoms with Gasteiger partial charge >= 0.3 is 5.97 Å². The summed E-state index contributed by atoms with van der Waals surface area (Å²) in [7, 11) is 0. The van der Waals surface area contributed by atoms with E-state index >= 15 is 0 Å². The van der Waals surface area contributed by atoms with Crippen LogP contribution in [0.15, 0.2) is 60.7 Å². The van der Waals surface area contributed by atoms with E-state index in [4.69, 9.17) is 4.74 Å². The van der Waals surface area contributed by atoms with Gasteiger partial charge in [-0.3, -0.25) is 9.59 Å². The van der Waals surface area contributed by atoms with E-state index in [1.165, 1.54) is 0 Å². The minimum atomic E-state index is -0.460. The van der Waals surface area contributed by atoms with Crippen LogP contribution in [0.3, 0.4) is 0 Å². The number of carbonyl (C=O) groups excluding carboxylic acids is 2. The van der Waals surface area contributed by atoms with Gasteiger partial charge in [-0.1, -0.05) is 67.6 Å². The molecule has 148 valence electrons. The van der Waals surface area contributed by atoms with Crippen LogP contribution >= 0.6 is 0 Å². The molecule has 0 unspecified atom stereocenters. The summed E-state index contributed by atoms with van der Waals surface area (Å²) in [5, 5.41) is 0. The Balaban J connectivity index is 1.63. The number of piperidine rings is 1. The first-order chi connectivity index (χ1) is 13.6. The summed E-state index contributed by atoms with van der Waals surface area (Å²) in [6, 6.07) is 19.5. The van der Waals surface area contributed by atoms with Gasteiger partial charge < -0.3 is 9.64 Å². The van der Waals surface area contributed by atoms with Gasteiger partial charge in [0.15, 0.2) is 0 Å². The second-order valence-corrected chi connectivity index (χ2v) is 7.75. The van der Waals surface area contributed by atoms with Crippen LogP contribution in [0, 0.1) is 11.8 Å². The number of hydrogen-bond acceptors (Lipinski definition) is 3. The zero-order valence-electron chi connectivity index (χ0n) is 16.5. The lowest BCUT2D eigenvalue weighted by molar-refractivity contribution is -0.153. The first-order valence-corrected chi connectivity index (χ1v) is 10.1. The maximum absolute atomic E-state index is 12.8. The van der Waals surface area contributed by atoms with Crippen molar-refractivity contribution in [2.45, 2.75) is 39.2 Å². The number of hydrogen-bond donors (Lipinski definition) is 0. The van der Waals surface area contributed by atoms with Gasteiger partial charge in [-0.05, 0) is 36.3 Å². The first kappa shape index (κ1) is 20.1. The SMILES string of the molecule is CC1CCN(C(=O)C[C@H](Cc2ccccc2)C(=O)OCc2ccccc2)CC1. The molecule has 1 fully saturated rings. The van der Waals surface area contributed by atoms with Crippen molar-refractivity contribution in [2.24, 2.45) is 11.8 Å². The standard InChI is InChI=1S/C24H29NO3/c1-19-12-14-25(15-13-19)23(26)17-22(16-20-8-4-2-5-9-20)24(27)28-18-21-10-6-3-7-11-21/h2-11,19,22H,12-18H2,1H3/t22-/m0/s1. The predicted octanol–water partition coefficient (Wildman–Crippen LogP) is 4.24.